The van der Waals surface area contributed by atoms with Crippen LogP contribution in [0.4, 0.5) is 0 Å². The number of halogens is 1. The predicted octanol–water partition coefficient (Wildman–Crippen LogP) is 0.618. The summed E-state index contributed by atoms with van der Waals surface area (Å²) < 4.78 is 5.21. The van der Waals surface area contributed by atoms with Crippen molar-refractivity contribution in [2.75, 3.05) is 38.7 Å². The molecule has 3 nitrogen and oxygen atoms in total. The number of nitrogens with zero attached hydrogens (tertiary/aromatic N) is 1. The average Bonchev–Trinajstić information content (AvgIpc) is 2.14. The van der Waals surface area contributed by atoms with Crippen LogP contribution in [0.15, 0.2) is 12.2 Å². The fourth-order valence-corrected chi connectivity index (χ4v) is 1.18. The Morgan fingerprint density at radius 3 is 2.75 bits per heavy atom. The van der Waals surface area contributed by atoms with Gasteiger partial charge in [0.05, 0.1) is 13.2 Å². The van der Waals surface area contributed by atoms with E-state index in [2.05, 4.69) is 10.4 Å². The monoisotopic (exact) mass is 190 g/mol. The molecule has 0 bridgehead atoms. The average molecular weight is 191 g/mol. The maximum atomic E-state index is 5.47. The van der Waals surface area contributed by atoms with Gasteiger partial charge in [0, 0.05) is 25.5 Å². The number of alkyl halides is 1. The Morgan fingerprint density at radius 1 is 1.33 bits per heavy atom. The second kappa shape index (κ2) is 6.43. The number of ether oxygens (including phenoxy) is 1. The molecule has 0 aromatic heterocycles. The highest BCUT2D eigenvalue weighted by Crippen LogP contribution is 1.91. The van der Waals surface area contributed by atoms with Crippen LogP contribution < -0.4 is 5.43 Å². The normalized spacial score (nSPS) is 20.4. The smallest absolute Gasteiger partial charge is 0.0608 e. The van der Waals surface area contributed by atoms with Gasteiger partial charge in [0.1, 0.15) is 0 Å². The Hall–Kier alpha value is -0.0900. The van der Waals surface area contributed by atoms with Crippen LogP contribution in [0, 0.1) is 0 Å². The van der Waals surface area contributed by atoms with Gasteiger partial charge in [-0.25, -0.2) is 5.01 Å². The van der Waals surface area contributed by atoms with Crippen molar-refractivity contribution in [2.45, 2.75) is 0 Å². The topological polar surface area (TPSA) is 24.5 Å². The minimum absolute atomic E-state index is 0.588. The minimum atomic E-state index is 0.588. The van der Waals surface area contributed by atoms with Gasteiger partial charge in [-0.2, -0.15) is 0 Å². The second-order valence-corrected chi connectivity index (χ2v) is 2.90. The molecule has 1 saturated heterocycles. The maximum Gasteiger partial charge on any atom is 0.0608 e. The molecule has 70 valence electrons. The first-order chi connectivity index (χ1) is 5.93. The second-order valence-electron chi connectivity index (χ2n) is 2.59. The molecule has 1 aliphatic heterocycles. The van der Waals surface area contributed by atoms with E-state index >= 15 is 0 Å². The molecule has 0 atom stereocenters. The van der Waals surface area contributed by atoms with Crippen LogP contribution in [-0.4, -0.2) is 43.7 Å². The third-order valence-electron chi connectivity index (χ3n) is 1.70. The summed E-state index contributed by atoms with van der Waals surface area (Å²) >= 11 is 5.47. The molecule has 1 N–H and O–H groups in total. The van der Waals surface area contributed by atoms with Gasteiger partial charge in [-0.1, -0.05) is 12.2 Å². The molecule has 12 heavy (non-hydrogen) atoms. The first-order valence-corrected chi connectivity index (χ1v) is 4.74. The van der Waals surface area contributed by atoms with Crippen molar-refractivity contribution in [3.63, 3.8) is 0 Å². The molecule has 1 rings (SSSR count). The highest BCUT2D eigenvalue weighted by Gasteiger charge is 2.07. The molecular formula is C8H15ClN2O. The SMILES string of the molecule is ClC/C=C/CNN1CCOCC1. The number of hydrazine groups is 1. The van der Waals surface area contributed by atoms with E-state index in [1.165, 1.54) is 0 Å². The highest BCUT2D eigenvalue weighted by molar-refractivity contribution is 6.18. The van der Waals surface area contributed by atoms with Crippen LogP contribution in [0.1, 0.15) is 0 Å². The van der Waals surface area contributed by atoms with Crippen LogP contribution in [0.5, 0.6) is 0 Å². The molecule has 0 unspecified atom stereocenters. The zero-order valence-corrected chi connectivity index (χ0v) is 7.89. The fourth-order valence-electron chi connectivity index (χ4n) is 1.05. The first kappa shape index (κ1) is 9.99. The van der Waals surface area contributed by atoms with E-state index in [0.717, 1.165) is 32.8 Å². The van der Waals surface area contributed by atoms with Gasteiger partial charge in [-0.15, -0.1) is 11.6 Å². The van der Waals surface area contributed by atoms with Crippen LogP contribution in [0.3, 0.4) is 0 Å². The molecular weight excluding hydrogens is 176 g/mol. The van der Waals surface area contributed by atoms with E-state index in [1.54, 1.807) is 0 Å². The Morgan fingerprint density at radius 2 is 2.08 bits per heavy atom. The molecule has 0 aromatic carbocycles. The lowest BCUT2D eigenvalue weighted by Gasteiger charge is -2.26. The minimum Gasteiger partial charge on any atom is -0.379 e. The van der Waals surface area contributed by atoms with E-state index in [9.17, 15) is 0 Å². The van der Waals surface area contributed by atoms with E-state index in [4.69, 9.17) is 16.3 Å². The van der Waals surface area contributed by atoms with Crippen molar-refractivity contribution < 1.29 is 4.74 Å². The number of rotatable bonds is 4. The molecule has 0 radical (unpaired) electrons. The van der Waals surface area contributed by atoms with Crippen molar-refractivity contribution >= 4 is 11.6 Å². The van der Waals surface area contributed by atoms with Crippen LogP contribution in [0.2, 0.25) is 0 Å². The lowest BCUT2D eigenvalue weighted by molar-refractivity contribution is 0.0143. The van der Waals surface area contributed by atoms with Crippen LogP contribution in [-0.2, 0) is 4.74 Å². The Kier molecular flexibility index (Phi) is 5.35. The van der Waals surface area contributed by atoms with Gasteiger partial charge in [0.15, 0.2) is 0 Å². The van der Waals surface area contributed by atoms with E-state index in [0.29, 0.717) is 5.88 Å². The third kappa shape index (κ3) is 4.07. The van der Waals surface area contributed by atoms with Crippen LogP contribution in [0.25, 0.3) is 0 Å². The summed E-state index contributed by atoms with van der Waals surface area (Å²) in [4.78, 5) is 0. The Bertz CT molecular complexity index is 135. The molecule has 4 heteroatoms. The molecule has 0 aliphatic carbocycles. The number of morpholine rings is 1. The molecule has 0 aromatic rings. The van der Waals surface area contributed by atoms with Crippen molar-refractivity contribution in [2.24, 2.45) is 0 Å². The van der Waals surface area contributed by atoms with Crippen molar-refractivity contribution in [3.05, 3.63) is 12.2 Å². The number of allylic oxidation sites excluding steroid dienone is 1. The molecule has 1 fully saturated rings. The summed E-state index contributed by atoms with van der Waals surface area (Å²) in [5, 5.41) is 2.17. The molecule has 1 heterocycles. The van der Waals surface area contributed by atoms with Crippen molar-refractivity contribution in [1.82, 2.24) is 10.4 Å². The summed E-state index contributed by atoms with van der Waals surface area (Å²) in [6.45, 7) is 4.44. The van der Waals surface area contributed by atoms with Gasteiger partial charge < -0.3 is 4.74 Å². The number of nitrogens with one attached hydrogen (secondary N) is 1. The standard InChI is InChI=1S/C8H15ClN2O/c9-3-1-2-4-10-11-5-7-12-8-6-11/h1-2,10H,3-8H2/b2-1+. The summed E-state index contributed by atoms with van der Waals surface area (Å²) in [5.74, 6) is 0.588. The number of hydrogen-bond acceptors (Lipinski definition) is 3. The van der Waals surface area contributed by atoms with Crippen molar-refractivity contribution in [3.8, 4) is 0 Å². The van der Waals surface area contributed by atoms with Crippen LogP contribution >= 0.6 is 11.6 Å². The maximum absolute atomic E-state index is 5.47. The highest BCUT2D eigenvalue weighted by atomic mass is 35.5. The third-order valence-corrected chi connectivity index (χ3v) is 1.88. The van der Waals surface area contributed by atoms with Gasteiger partial charge in [-0.05, 0) is 0 Å². The van der Waals surface area contributed by atoms with E-state index in [-0.39, 0.29) is 0 Å². The summed E-state index contributed by atoms with van der Waals surface area (Å²) in [7, 11) is 0. The lowest BCUT2D eigenvalue weighted by Crippen LogP contribution is -2.45. The Balaban J connectivity index is 2.01. The van der Waals surface area contributed by atoms with E-state index < -0.39 is 0 Å². The van der Waals surface area contributed by atoms with Gasteiger partial charge in [0.25, 0.3) is 0 Å². The first-order valence-electron chi connectivity index (χ1n) is 4.20. The summed E-state index contributed by atoms with van der Waals surface area (Å²) in [5.41, 5.74) is 3.26. The van der Waals surface area contributed by atoms with Gasteiger partial charge in [0.2, 0.25) is 0 Å². The van der Waals surface area contributed by atoms with Gasteiger partial charge >= 0.3 is 0 Å². The molecule has 1 aliphatic rings. The quantitative estimate of drug-likeness (QED) is 0.520. The van der Waals surface area contributed by atoms with Crippen molar-refractivity contribution in [1.29, 1.82) is 0 Å². The van der Waals surface area contributed by atoms with E-state index in [1.807, 2.05) is 12.2 Å². The van der Waals surface area contributed by atoms with Gasteiger partial charge in [-0.3, -0.25) is 5.43 Å². The zero-order valence-electron chi connectivity index (χ0n) is 7.13. The largest absolute Gasteiger partial charge is 0.379 e. The summed E-state index contributed by atoms with van der Waals surface area (Å²) in [6, 6.07) is 0. The molecule has 0 saturated carbocycles. The molecule has 0 amide bonds. The summed E-state index contributed by atoms with van der Waals surface area (Å²) in [6.07, 6.45) is 3.97. The Labute approximate surface area is 78.3 Å². The molecule has 0 spiro atoms. The fraction of sp³-hybridized carbons (Fsp3) is 0.750. The predicted molar refractivity (Wildman–Crippen MR) is 50.3 cm³/mol. The lowest BCUT2D eigenvalue weighted by atomic mass is 10.5. The number of hydrogen-bond donors (Lipinski definition) is 1. The zero-order chi connectivity index (χ0) is 8.65.